The van der Waals surface area contributed by atoms with E-state index >= 15 is 0 Å². The summed E-state index contributed by atoms with van der Waals surface area (Å²) in [5.41, 5.74) is 0. The molecule has 0 heterocycles. The van der Waals surface area contributed by atoms with Gasteiger partial charge >= 0.3 is 43.7 Å². The molecule has 0 bridgehead atoms. The van der Waals surface area contributed by atoms with Crippen LogP contribution in [0, 0.1) is 64.7 Å². The zero-order valence-electron chi connectivity index (χ0n) is 8.84. The van der Waals surface area contributed by atoms with Gasteiger partial charge in [0.2, 0.25) is 0 Å². The topological polar surface area (TPSA) is 39.8 Å². The molecule has 0 amide bonds. The third-order valence-electron chi connectivity index (χ3n) is 0.940. The summed E-state index contributed by atoms with van der Waals surface area (Å²) in [5.74, 6) is 0. The zero-order valence-corrected chi connectivity index (χ0v) is 10.9. The number of rotatable bonds is 2. The number of hydrogen-bond donors (Lipinski definition) is 0. The number of unbranched alkanes of at least 4 members (excludes halogenated alkanes) is 2. The molecule has 0 N–H and O–H groups in total. The summed E-state index contributed by atoms with van der Waals surface area (Å²) in [4.78, 5) is 0. The minimum atomic E-state index is 0. The van der Waals surface area contributed by atoms with Crippen molar-refractivity contribution in [3.05, 3.63) is 64.7 Å². The first kappa shape index (κ1) is 24.4. The second-order valence-corrected chi connectivity index (χ2v) is 1.82. The van der Waals surface area contributed by atoms with Gasteiger partial charge in [-0.05, 0) is 51.4 Å². The van der Waals surface area contributed by atoms with Crippen molar-refractivity contribution in [3.8, 4) is 0 Å². The Morgan fingerprint density at radius 3 is 1.00 bits per heavy atom. The molecule has 15 heavy (non-hydrogen) atoms. The van der Waals surface area contributed by atoms with E-state index in [0.717, 1.165) is 0 Å². The zero-order chi connectivity index (χ0) is 11.7. The molecule has 3 heteroatoms. The SMILES string of the molecule is C[CH][CH][CH]C.[C-]#[O+].[C-]#[O+].[CH]1[CH][CH][CH][CH]1.[Mo+2]. The van der Waals surface area contributed by atoms with Gasteiger partial charge in [-0.1, -0.05) is 13.8 Å². The van der Waals surface area contributed by atoms with E-state index in [0.29, 0.717) is 0 Å². The summed E-state index contributed by atoms with van der Waals surface area (Å²) >= 11 is 0. The van der Waals surface area contributed by atoms with Gasteiger partial charge in [0.25, 0.3) is 0 Å². The molecule has 0 unspecified atom stereocenters. The van der Waals surface area contributed by atoms with Crippen LogP contribution in [-0.2, 0) is 30.4 Å². The van der Waals surface area contributed by atoms with Crippen molar-refractivity contribution < 1.29 is 30.4 Å². The molecule has 0 saturated heterocycles. The van der Waals surface area contributed by atoms with Gasteiger partial charge in [-0.2, -0.15) is 0 Å². The molecule has 0 spiro atoms. The van der Waals surface area contributed by atoms with E-state index in [1.165, 1.54) is 0 Å². The van der Waals surface area contributed by atoms with Gasteiger partial charge in [-0.25, -0.2) is 0 Å². The molecular weight excluding hydrogens is 272 g/mol. The quantitative estimate of drug-likeness (QED) is 0.425. The smallest absolute Gasteiger partial charge is 0.0312 e. The Morgan fingerprint density at radius 1 is 0.733 bits per heavy atom. The second-order valence-electron chi connectivity index (χ2n) is 1.82. The summed E-state index contributed by atoms with van der Waals surface area (Å²) in [7, 11) is 0. The Bertz CT molecular complexity index is 91.1. The van der Waals surface area contributed by atoms with Crippen LogP contribution in [0.5, 0.6) is 0 Å². The third kappa shape index (κ3) is 40.8. The van der Waals surface area contributed by atoms with Crippen molar-refractivity contribution in [1.29, 1.82) is 0 Å². The van der Waals surface area contributed by atoms with Crippen molar-refractivity contribution in [2.45, 2.75) is 13.8 Å². The first-order chi connectivity index (χ1) is 6.91. The molecule has 1 rings (SSSR count). The number of hydrogen-bond acceptors (Lipinski definition) is 0. The predicted octanol–water partition coefficient (Wildman–Crippen LogP) is 2.58. The van der Waals surface area contributed by atoms with E-state index in [2.05, 4.69) is 13.3 Å². The third-order valence-corrected chi connectivity index (χ3v) is 0.940. The molecule has 1 fully saturated rings. The van der Waals surface area contributed by atoms with Gasteiger partial charge < -0.3 is 0 Å². The van der Waals surface area contributed by atoms with Crippen molar-refractivity contribution in [2.24, 2.45) is 0 Å². The summed E-state index contributed by atoms with van der Waals surface area (Å²) < 4.78 is 15.0. The van der Waals surface area contributed by atoms with E-state index in [1.807, 2.05) is 65.2 Å². The first-order valence-corrected chi connectivity index (χ1v) is 3.90. The molecule has 0 atom stereocenters. The van der Waals surface area contributed by atoms with Gasteiger partial charge in [0.05, 0.1) is 0 Å². The van der Waals surface area contributed by atoms with Crippen molar-refractivity contribution in [3.63, 3.8) is 0 Å². The molecule has 0 aromatic carbocycles. The Hall–Kier alpha value is 0.168. The van der Waals surface area contributed by atoms with E-state index in [-0.39, 0.29) is 21.1 Å². The van der Waals surface area contributed by atoms with E-state index in [9.17, 15) is 0 Å². The van der Waals surface area contributed by atoms with Gasteiger partial charge in [0, 0.05) is 0 Å². The minimum absolute atomic E-state index is 0. The maximum absolute atomic E-state index is 7.50. The van der Waals surface area contributed by atoms with Gasteiger partial charge in [-0.3, -0.25) is 0 Å². The van der Waals surface area contributed by atoms with Crippen LogP contribution in [0.25, 0.3) is 0 Å². The Kier molecular flexibility index (Phi) is 59.9. The molecule has 2 nitrogen and oxygen atoms in total. The Labute approximate surface area is 109 Å². The standard InChI is InChI=1S/C5H5.C5H9.2CO.Mo/c1-2-4-5-3-1;1-3-5-4-2;2*1-2;/h1-5H;3-5H,1-2H3;;;/q;;;;+2. The molecule has 1 aliphatic rings. The second kappa shape index (κ2) is 36.8. The van der Waals surface area contributed by atoms with Crippen LogP contribution >= 0.6 is 0 Å². The van der Waals surface area contributed by atoms with Crippen LogP contribution in [-0.4, -0.2) is 0 Å². The van der Waals surface area contributed by atoms with Crippen molar-refractivity contribution >= 4 is 0 Å². The maximum atomic E-state index is 7.50. The van der Waals surface area contributed by atoms with Gasteiger partial charge in [-0.15, -0.1) is 0 Å². The molecule has 0 aromatic heterocycles. The molecule has 1 saturated carbocycles. The Balaban J connectivity index is -0.0000000580. The fourth-order valence-electron chi connectivity index (χ4n) is 0.513. The fourth-order valence-corrected chi connectivity index (χ4v) is 0.513. The van der Waals surface area contributed by atoms with Crippen LogP contribution in [0.15, 0.2) is 0 Å². The summed E-state index contributed by atoms with van der Waals surface area (Å²) in [5, 5.41) is 0. The van der Waals surface area contributed by atoms with Crippen LogP contribution in [0.2, 0.25) is 0 Å². The van der Waals surface area contributed by atoms with Crippen LogP contribution in [0.3, 0.4) is 0 Å². The van der Waals surface area contributed by atoms with Crippen molar-refractivity contribution in [2.75, 3.05) is 0 Å². The monoisotopic (exact) mass is 288 g/mol. The van der Waals surface area contributed by atoms with E-state index in [4.69, 9.17) is 9.30 Å². The van der Waals surface area contributed by atoms with E-state index < -0.39 is 0 Å². The van der Waals surface area contributed by atoms with Gasteiger partial charge in [0.1, 0.15) is 0 Å². The summed E-state index contributed by atoms with van der Waals surface area (Å²) in [6.45, 7) is 13.0. The normalized spacial score (nSPS) is 11.1. The summed E-state index contributed by atoms with van der Waals surface area (Å²) in [6.07, 6.45) is 16.0. The van der Waals surface area contributed by atoms with Crippen LogP contribution in [0.1, 0.15) is 13.8 Å². The fraction of sp³-hybridized carbons (Fsp3) is 0.167. The molecule has 1 aliphatic carbocycles. The largest absolute Gasteiger partial charge is 2.00 e. The van der Waals surface area contributed by atoms with Crippen molar-refractivity contribution in [1.82, 2.24) is 0 Å². The van der Waals surface area contributed by atoms with Gasteiger partial charge in [0.15, 0.2) is 0 Å². The maximum Gasteiger partial charge on any atom is 2.00 e. The average molecular weight is 286 g/mol. The molecule has 0 aliphatic heterocycles. The molecule has 78 valence electrons. The van der Waals surface area contributed by atoms with Crippen LogP contribution < -0.4 is 0 Å². The molecule has 8 radical (unpaired) electrons. The Morgan fingerprint density at radius 2 is 0.933 bits per heavy atom. The van der Waals surface area contributed by atoms with Crippen LogP contribution in [0.4, 0.5) is 0 Å². The summed E-state index contributed by atoms with van der Waals surface area (Å²) in [6, 6.07) is 0. The predicted molar refractivity (Wildman–Crippen MR) is 53.6 cm³/mol. The van der Waals surface area contributed by atoms with E-state index in [1.54, 1.807) is 0 Å². The average Bonchev–Trinajstić information content (AvgIpc) is 2.83. The minimum Gasteiger partial charge on any atom is -0.0312 e. The molecule has 0 aromatic rings. The first-order valence-electron chi connectivity index (χ1n) is 3.90. The molecular formula is C12H14MoO2+2.